The van der Waals surface area contributed by atoms with Crippen LogP contribution in [0.4, 0.5) is 0 Å². The van der Waals surface area contributed by atoms with Crippen LogP contribution in [0.1, 0.15) is 25.7 Å². The van der Waals surface area contributed by atoms with Gasteiger partial charge in [0.15, 0.2) is 0 Å². The molecule has 0 aromatic rings. The predicted molar refractivity (Wildman–Crippen MR) is 41.2 cm³/mol. The van der Waals surface area contributed by atoms with E-state index < -0.39 is 0 Å². The number of hydrogen-bond acceptors (Lipinski definition) is 1. The van der Waals surface area contributed by atoms with E-state index in [2.05, 4.69) is 10.2 Å². The fraction of sp³-hybridized carbons (Fsp3) is 1.00. The highest BCUT2D eigenvalue weighted by Crippen LogP contribution is 2.40. The number of hydrogen-bond donors (Lipinski definition) is 0. The maximum absolute atomic E-state index is 5.44. The molecule has 0 spiro atoms. The number of epoxide rings is 1. The third kappa shape index (κ3) is 1.27. The van der Waals surface area contributed by atoms with Crippen molar-refractivity contribution in [2.45, 2.75) is 43.9 Å². The molecule has 1 saturated heterocycles. The summed E-state index contributed by atoms with van der Waals surface area (Å²) in [7, 11) is 3.52. The first-order chi connectivity index (χ1) is 4.90. The first kappa shape index (κ1) is 6.86. The molecule has 1 aliphatic carbocycles. The lowest BCUT2D eigenvalue weighted by molar-refractivity contribution is 0.357. The molecule has 0 aromatic heterocycles. The van der Waals surface area contributed by atoms with Gasteiger partial charge in [0.2, 0.25) is 0 Å². The SMILES string of the molecule is [Si]CCC1CCC2OC2C1. The van der Waals surface area contributed by atoms with Gasteiger partial charge in [-0.05, 0) is 25.2 Å². The first-order valence-corrected chi connectivity index (χ1v) is 4.91. The second-order valence-corrected chi connectivity index (χ2v) is 3.93. The molecule has 2 aliphatic rings. The smallest absolute Gasteiger partial charge is 0.0844 e. The topological polar surface area (TPSA) is 12.5 Å². The van der Waals surface area contributed by atoms with Gasteiger partial charge in [-0.15, -0.1) is 0 Å². The van der Waals surface area contributed by atoms with Crippen molar-refractivity contribution in [1.29, 1.82) is 0 Å². The highest BCUT2D eigenvalue weighted by atomic mass is 28.1. The van der Waals surface area contributed by atoms with Crippen molar-refractivity contribution in [1.82, 2.24) is 0 Å². The summed E-state index contributed by atoms with van der Waals surface area (Å²) >= 11 is 0. The van der Waals surface area contributed by atoms with Crippen LogP contribution in [-0.2, 0) is 4.74 Å². The largest absolute Gasteiger partial charge is 0.370 e. The highest BCUT2D eigenvalue weighted by Gasteiger charge is 2.43. The van der Waals surface area contributed by atoms with Gasteiger partial charge < -0.3 is 4.74 Å². The minimum Gasteiger partial charge on any atom is -0.370 e. The maximum atomic E-state index is 5.44. The molecule has 2 heteroatoms. The Labute approximate surface area is 65.6 Å². The zero-order valence-electron chi connectivity index (χ0n) is 6.18. The van der Waals surface area contributed by atoms with Gasteiger partial charge in [-0.1, -0.05) is 12.5 Å². The molecule has 0 aromatic carbocycles. The van der Waals surface area contributed by atoms with Crippen LogP contribution in [0.2, 0.25) is 6.04 Å². The molecule has 3 radical (unpaired) electrons. The van der Waals surface area contributed by atoms with Crippen LogP contribution in [0.5, 0.6) is 0 Å². The molecule has 10 heavy (non-hydrogen) atoms. The van der Waals surface area contributed by atoms with Crippen molar-refractivity contribution in [3.63, 3.8) is 0 Å². The van der Waals surface area contributed by atoms with E-state index in [1.165, 1.54) is 25.7 Å². The van der Waals surface area contributed by atoms with E-state index in [0.717, 1.165) is 12.0 Å². The van der Waals surface area contributed by atoms with Crippen molar-refractivity contribution in [2.75, 3.05) is 0 Å². The lowest BCUT2D eigenvalue weighted by Crippen LogP contribution is -2.12. The quantitative estimate of drug-likeness (QED) is 0.433. The summed E-state index contributed by atoms with van der Waals surface area (Å²) in [5.41, 5.74) is 0. The molecule has 2 rings (SSSR count). The molecule has 1 heterocycles. The Morgan fingerprint density at radius 2 is 2.20 bits per heavy atom. The normalized spacial score (nSPS) is 44.7. The van der Waals surface area contributed by atoms with E-state index in [4.69, 9.17) is 4.74 Å². The van der Waals surface area contributed by atoms with Crippen molar-refractivity contribution >= 4 is 10.2 Å². The lowest BCUT2D eigenvalue weighted by Gasteiger charge is -2.17. The molecule has 1 aliphatic heterocycles. The minimum atomic E-state index is 0.664. The summed E-state index contributed by atoms with van der Waals surface area (Å²) in [5, 5.41) is 0. The predicted octanol–water partition coefficient (Wildman–Crippen LogP) is 1.53. The Bertz CT molecular complexity index is 126. The summed E-state index contributed by atoms with van der Waals surface area (Å²) in [6.45, 7) is 0. The average molecular weight is 153 g/mol. The summed E-state index contributed by atoms with van der Waals surface area (Å²) in [4.78, 5) is 0. The van der Waals surface area contributed by atoms with Crippen molar-refractivity contribution in [2.24, 2.45) is 5.92 Å². The van der Waals surface area contributed by atoms with Crippen LogP contribution >= 0.6 is 0 Å². The van der Waals surface area contributed by atoms with Gasteiger partial charge in [0.05, 0.1) is 12.2 Å². The first-order valence-electron chi connectivity index (χ1n) is 4.20. The molecule has 0 amide bonds. The van der Waals surface area contributed by atoms with Crippen molar-refractivity contribution < 1.29 is 4.74 Å². The van der Waals surface area contributed by atoms with E-state index in [0.29, 0.717) is 12.2 Å². The second-order valence-electron chi connectivity index (χ2n) is 3.43. The Morgan fingerprint density at radius 3 is 2.90 bits per heavy atom. The Kier molecular flexibility index (Phi) is 1.83. The zero-order valence-corrected chi connectivity index (χ0v) is 7.18. The molecule has 3 unspecified atom stereocenters. The third-order valence-corrected chi connectivity index (χ3v) is 2.95. The van der Waals surface area contributed by atoms with Gasteiger partial charge in [0.1, 0.15) is 0 Å². The molecule has 1 nitrogen and oxygen atoms in total. The molecular formula is C8H13OSi. The summed E-state index contributed by atoms with van der Waals surface area (Å²) in [5.74, 6) is 0.946. The number of fused-ring (bicyclic) bond motifs is 1. The van der Waals surface area contributed by atoms with Crippen LogP contribution in [-0.4, -0.2) is 22.5 Å². The maximum Gasteiger partial charge on any atom is 0.0844 e. The second kappa shape index (κ2) is 2.66. The minimum absolute atomic E-state index is 0.664. The van der Waals surface area contributed by atoms with E-state index in [9.17, 15) is 0 Å². The molecule has 1 saturated carbocycles. The van der Waals surface area contributed by atoms with Crippen LogP contribution in [0.25, 0.3) is 0 Å². The highest BCUT2D eigenvalue weighted by molar-refractivity contribution is 6.08. The molecule has 0 N–H and O–H groups in total. The molecule has 55 valence electrons. The Morgan fingerprint density at radius 1 is 1.30 bits per heavy atom. The monoisotopic (exact) mass is 153 g/mol. The van der Waals surface area contributed by atoms with Crippen LogP contribution < -0.4 is 0 Å². The Hall–Kier alpha value is 0.177. The van der Waals surface area contributed by atoms with Gasteiger partial charge in [-0.2, -0.15) is 0 Å². The van der Waals surface area contributed by atoms with E-state index in [-0.39, 0.29) is 0 Å². The Balaban J connectivity index is 1.77. The summed E-state index contributed by atoms with van der Waals surface area (Å²) in [6.07, 6.45) is 6.72. The lowest BCUT2D eigenvalue weighted by atomic mass is 9.88. The van der Waals surface area contributed by atoms with Gasteiger partial charge >= 0.3 is 0 Å². The van der Waals surface area contributed by atoms with Gasteiger partial charge in [-0.25, -0.2) is 0 Å². The molecule has 0 bridgehead atoms. The van der Waals surface area contributed by atoms with Crippen molar-refractivity contribution in [3.8, 4) is 0 Å². The fourth-order valence-corrected chi connectivity index (χ4v) is 2.36. The standard InChI is InChI=1S/C8H13OSi/c10-4-3-6-1-2-7-8(5-6)9-7/h6-8H,1-5H2. The third-order valence-electron chi connectivity index (χ3n) is 2.67. The average Bonchev–Trinajstić information content (AvgIpc) is 2.66. The zero-order chi connectivity index (χ0) is 6.97. The summed E-state index contributed by atoms with van der Waals surface area (Å²) < 4.78 is 5.44. The van der Waals surface area contributed by atoms with Crippen LogP contribution in [0.3, 0.4) is 0 Å². The van der Waals surface area contributed by atoms with Gasteiger partial charge in [0.25, 0.3) is 0 Å². The van der Waals surface area contributed by atoms with E-state index >= 15 is 0 Å². The fourth-order valence-electron chi connectivity index (χ4n) is 1.95. The number of rotatable bonds is 2. The molecular weight excluding hydrogens is 140 g/mol. The van der Waals surface area contributed by atoms with Crippen molar-refractivity contribution in [3.05, 3.63) is 0 Å². The van der Waals surface area contributed by atoms with Crippen LogP contribution in [0, 0.1) is 5.92 Å². The van der Waals surface area contributed by atoms with Gasteiger partial charge in [0, 0.05) is 10.2 Å². The van der Waals surface area contributed by atoms with Crippen LogP contribution in [0.15, 0.2) is 0 Å². The van der Waals surface area contributed by atoms with E-state index in [1.807, 2.05) is 0 Å². The number of ether oxygens (including phenoxy) is 1. The molecule has 2 fully saturated rings. The van der Waals surface area contributed by atoms with Gasteiger partial charge in [-0.3, -0.25) is 0 Å². The summed E-state index contributed by atoms with van der Waals surface area (Å²) in [6, 6.07) is 1.15. The van der Waals surface area contributed by atoms with E-state index in [1.54, 1.807) is 0 Å². The molecule has 3 atom stereocenters.